The lowest BCUT2D eigenvalue weighted by Gasteiger charge is -2.29. The lowest BCUT2D eigenvalue weighted by molar-refractivity contribution is -0.137. The van der Waals surface area contributed by atoms with E-state index in [2.05, 4.69) is 21.3 Å². The van der Waals surface area contributed by atoms with Gasteiger partial charge in [-0.2, -0.15) is 0 Å². The van der Waals surface area contributed by atoms with Crippen LogP contribution in [0.5, 0.6) is 0 Å². The van der Waals surface area contributed by atoms with Crippen LogP contribution in [0.15, 0.2) is 0 Å². The number of hydrogen-bond donors (Lipinski definition) is 7. The van der Waals surface area contributed by atoms with Crippen molar-refractivity contribution in [1.82, 2.24) is 21.3 Å². The molecule has 7 amide bonds. The maximum absolute atomic E-state index is 13.2. The van der Waals surface area contributed by atoms with Gasteiger partial charge in [0.1, 0.15) is 24.2 Å². The zero-order chi connectivity index (χ0) is 30.4. The maximum atomic E-state index is 13.2. The second kappa shape index (κ2) is 16.7. The van der Waals surface area contributed by atoms with Gasteiger partial charge in [0.15, 0.2) is 0 Å². The van der Waals surface area contributed by atoms with E-state index < -0.39 is 83.6 Å². The first-order valence-electron chi connectivity index (χ1n) is 12.6. The topological polar surface area (TPSA) is 263 Å². The van der Waals surface area contributed by atoms with E-state index >= 15 is 0 Å². The van der Waals surface area contributed by atoms with E-state index in [4.69, 9.17) is 17.2 Å². The third-order valence-corrected chi connectivity index (χ3v) is 6.01. The highest BCUT2D eigenvalue weighted by atomic mass is 16.2. The van der Waals surface area contributed by atoms with Gasteiger partial charge in [0.25, 0.3) is 5.91 Å². The van der Waals surface area contributed by atoms with Crippen molar-refractivity contribution in [2.75, 3.05) is 0 Å². The maximum Gasteiger partial charge on any atom is 0.284 e. The van der Waals surface area contributed by atoms with E-state index in [-0.39, 0.29) is 25.2 Å². The smallest absolute Gasteiger partial charge is 0.284 e. The first kappa shape index (κ1) is 35.0. The zero-order valence-corrected chi connectivity index (χ0v) is 23.0. The molecule has 0 aromatic heterocycles. The van der Waals surface area contributed by atoms with Crippen LogP contribution in [0.2, 0.25) is 0 Å². The number of ketones is 1. The third kappa shape index (κ3) is 12.8. The number of nitrogens with one attached hydrogen (secondary N) is 4. The standard InChI is InChI=1S/C24H41N7O8/c1-6-12(4)19(24(39)30-18(11(2)3)21(27)36)31-23(38)15(8-10-17(25)34)29-22(37)14(28-13(5)32)7-9-16(33)20(26)35/h11-12,14-15,18-19H,6-10H2,1-5H3,(H2,25,34)(H2,26,35)(H2,27,36)(H,28,32)(H,29,37)(H,30,39)(H,31,38)/t12?,14-,15-,18-,19-/m0/s1. The summed E-state index contributed by atoms with van der Waals surface area (Å²) in [5.41, 5.74) is 15.5. The van der Waals surface area contributed by atoms with Gasteiger partial charge < -0.3 is 38.5 Å². The zero-order valence-electron chi connectivity index (χ0n) is 23.0. The molecule has 15 nitrogen and oxygen atoms in total. The number of rotatable bonds is 18. The third-order valence-electron chi connectivity index (χ3n) is 6.01. The molecule has 0 aromatic carbocycles. The Kier molecular flexibility index (Phi) is 15.0. The second-order valence-corrected chi connectivity index (χ2v) is 9.65. The minimum Gasteiger partial charge on any atom is -0.370 e. The average molecular weight is 556 g/mol. The van der Waals surface area contributed by atoms with Gasteiger partial charge in [0.2, 0.25) is 41.2 Å². The molecule has 0 radical (unpaired) electrons. The van der Waals surface area contributed by atoms with Gasteiger partial charge in [-0.05, 0) is 24.7 Å². The van der Waals surface area contributed by atoms with Gasteiger partial charge in [0, 0.05) is 19.8 Å². The first-order chi connectivity index (χ1) is 18.0. The fraction of sp³-hybridized carbons (Fsp3) is 0.667. The molecule has 1 unspecified atom stereocenters. The quantitative estimate of drug-likeness (QED) is 0.0868. The van der Waals surface area contributed by atoms with Crippen LogP contribution in [0, 0.1) is 11.8 Å². The number of Topliss-reactive ketones (excluding diaryl/α,β-unsaturated/α-hetero) is 1. The number of carbonyl (C=O) groups is 8. The van der Waals surface area contributed by atoms with Crippen molar-refractivity contribution in [3.05, 3.63) is 0 Å². The van der Waals surface area contributed by atoms with Crippen molar-refractivity contribution >= 4 is 47.1 Å². The summed E-state index contributed by atoms with van der Waals surface area (Å²) in [5, 5.41) is 9.82. The molecular formula is C24H41N7O8. The monoisotopic (exact) mass is 555 g/mol. The normalized spacial score (nSPS) is 14.6. The molecule has 0 aromatic rings. The van der Waals surface area contributed by atoms with E-state index in [9.17, 15) is 38.4 Å². The summed E-state index contributed by atoms with van der Waals surface area (Å²) in [6, 6.07) is -4.81. The molecular weight excluding hydrogens is 514 g/mol. The van der Waals surface area contributed by atoms with Crippen LogP contribution in [-0.2, 0) is 38.4 Å². The summed E-state index contributed by atoms with van der Waals surface area (Å²) in [4.78, 5) is 96.6. The van der Waals surface area contributed by atoms with Gasteiger partial charge in [-0.3, -0.25) is 38.4 Å². The largest absolute Gasteiger partial charge is 0.370 e. The van der Waals surface area contributed by atoms with Crippen molar-refractivity contribution in [3.8, 4) is 0 Å². The molecule has 0 fully saturated rings. The number of nitrogens with two attached hydrogens (primary N) is 3. The van der Waals surface area contributed by atoms with Crippen molar-refractivity contribution < 1.29 is 38.4 Å². The molecule has 0 aliphatic rings. The minimum absolute atomic E-state index is 0.245. The molecule has 0 aliphatic carbocycles. The fourth-order valence-electron chi connectivity index (χ4n) is 3.51. The Hall–Kier alpha value is -4.04. The van der Waals surface area contributed by atoms with Gasteiger partial charge in [-0.15, -0.1) is 0 Å². The van der Waals surface area contributed by atoms with Crippen LogP contribution < -0.4 is 38.5 Å². The predicted molar refractivity (Wildman–Crippen MR) is 139 cm³/mol. The lowest BCUT2D eigenvalue weighted by atomic mass is 9.96. The molecule has 0 saturated heterocycles. The van der Waals surface area contributed by atoms with Crippen LogP contribution in [0.25, 0.3) is 0 Å². The lowest BCUT2D eigenvalue weighted by Crippen LogP contribution is -2.60. The Balaban J connectivity index is 5.91. The molecule has 0 rings (SSSR count). The van der Waals surface area contributed by atoms with Crippen molar-refractivity contribution in [1.29, 1.82) is 0 Å². The van der Waals surface area contributed by atoms with Gasteiger partial charge in [-0.1, -0.05) is 34.1 Å². The van der Waals surface area contributed by atoms with Crippen LogP contribution >= 0.6 is 0 Å². The Labute approximate surface area is 227 Å². The SMILES string of the molecule is CCC(C)[C@H](NC(=O)[C@H](CCC(N)=O)NC(=O)[C@H](CCC(=O)C(N)=O)NC(C)=O)C(=O)N[C@H](C(N)=O)C(C)C. The highest BCUT2D eigenvalue weighted by molar-refractivity contribution is 6.35. The Bertz CT molecular complexity index is 953. The molecule has 5 atom stereocenters. The van der Waals surface area contributed by atoms with Gasteiger partial charge >= 0.3 is 0 Å². The summed E-state index contributed by atoms with van der Waals surface area (Å²) in [6.45, 7) is 7.97. The van der Waals surface area contributed by atoms with E-state index in [1.54, 1.807) is 27.7 Å². The molecule has 39 heavy (non-hydrogen) atoms. The van der Waals surface area contributed by atoms with Crippen LogP contribution in [0.3, 0.4) is 0 Å². The van der Waals surface area contributed by atoms with Crippen molar-refractivity contribution in [2.24, 2.45) is 29.0 Å². The summed E-state index contributed by atoms with van der Waals surface area (Å²) in [7, 11) is 0. The van der Waals surface area contributed by atoms with Gasteiger partial charge in [-0.25, -0.2) is 0 Å². The van der Waals surface area contributed by atoms with E-state index in [0.717, 1.165) is 6.92 Å². The minimum atomic E-state index is -1.37. The van der Waals surface area contributed by atoms with Gasteiger partial charge in [0.05, 0.1) is 0 Å². The molecule has 15 heteroatoms. The van der Waals surface area contributed by atoms with E-state index in [0.29, 0.717) is 6.42 Å². The second-order valence-electron chi connectivity index (χ2n) is 9.65. The van der Waals surface area contributed by atoms with Crippen molar-refractivity contribution in [2.45, 2.75) is 90.9 Å². The Morgan fingerprint density at radius 2 is 1.15 bits per heavy atom. The highest BCUT2D eigenvalue weighted by Gasteiger charge is 2.33. The van der Waals surface area contributed by atoms with Crippen LogP contribution in [0.1, 0.15) is 66.7 Å². The molecule has 10 N–H and O–H groups in total. The molecule has 0 saturated carbocycles. The number of hydrogen-bond acceptors (Lipinski definition) is 8. The number of primary amides is 3. The molecule has 0 spiro atoms. The van der Waals surface area contributed by atoms with Crippen molar-refractivity contribution in [3.63, 3.8) is 0 Å². The molecule has 0 heterocycles. The summed E-state index contributed by atoms with van der Waals surface area (Å²) < 4.78 is 0. The van der Waals surface area contributed by atoms with Crippen LogP contribution in [0.4, 0.5) is 0 Å². The molecule has 0 aliphatic heterocycles. The number of carbonyl (C=O) groups excluding carboxylic acids is 8. The Morgan fingerprint density at radius 3 is 1.59 bits per heavy atom. The van der Waals surface area contributed by atoms with E-state index in [1.807, 2.05) is 0 Å². The van der Waals surface area contributed by atoms with E-state index in [1.165, 1.54) is 0 Å². The highest BCUT2D eigenvalue weighted by Crippen LogP contribution is 2.11. The summed E-state index contributed by atoms with van der Waals surface area (Å²) >= 11 is 0. The van der Waals surface area contributed by atoms with Crippen LogP contribution in [-0.4, -0.2) is 71.3 Å². The fourth-order valence-corrected chi connectivity index (χ4v) is 3.51. The molecule has 220 valence electrons. The average Bonchev–Trinajstić information content (AvgIpc) is 2.83. The predicted octanol–water partition coefficient (Wildman–Crippen LogP) is -2.77. The summed E-state index contributed by atoms with van der Waals surface area (Å²) in [5.74, 6) is -7.42. The molecule has 0 bridgehead atoms. The first-order valence-corrected chi connectivity index (χ1v) is 12.6. The summed E-state index contributed by atoms with van der Waals surface area (Å²) in [6.07, 6.45) is -0.832. The Morgan fingerprint density at radius 1 is 0.667 bits per heavy atom. The number of amides is 7.